The van der Waals surface area contributed by atoms with E-state index < -0.39 is 0 Å². The van der Waals surface area contributed by atoms with Crippen LogP contribution in [0.25, 0.3) is 0 Å². The van der Waals surface area contributed by atoms with Gasteiger partial charge in [0.2, 0.25) is 11.8 Å². The normalized spacial score (nSPS) is 24.1. The summed E-state index contributed by atoms with van der Waals surface area (Å²) in [5.74, 6) is 1.64. The number of carbonyl (C=O) groups is 1. The Labute approximate surface area is 131 Å². The Morgan fingerprint density at radius 1 is 1.27 bits per heavy atom. The molecule has 1 aromatic heterocycles. The highest BCUT2D eigenvalue weighted by Gasteiger charge is 2.31. The summed E-state index contributed by atoms with van der Waals surface area (Å²) >= 11 is 0. The average Bonchev–Trinajstić information content (AvgIpc) is 3.14. The van der Waals surface area contributed by atoms with Crippen molar-refractivity contribution in [3.63, 3.8) is 0 Å². The summed E-state index contributed by atoms with van der Waals surface area (Å²) in [7, 11) is 2.10. The molecule has 22 heavy (non-hydrogen) atoms. The second-order valence-corrected chi connectivity index (χ2v) is 6.31. The third kappa shape index (κ3) is 3.47. The van der Waals surface area contributed by atoms with Crippen LogP contribution in [0.5, 0.6) is 0 Å². The minimum absolute atomic E-state index is 0.182. The van der Waals surface area contributed by atoms with Crippen molar-refractivity contribution in [3.8, 4) is 0 Å². The molecule has 0 unspecified atom stereocenters. The quantitative estimate of drug-likeness (QED) is 0.815. The van der Waals surface area contributed by atoms with Gasteiger partial charge in [-0.15, -0.1) is 0 Å². The van der Waals surface area contributed by atoms with Crippen LogP contribution in [0.2, 0.25) is 0 Å². The van der Waals surface area contributed by atoms with Crippen molar-refractivity contribution in [1.29, 1.82) is 0 Å². The van der Waals surface area contributed by atoms with Gasteiger partial charge in [-0.1, -0.05) is 5.16 Å². The molecule has 3 rings (SSSR count). The fourth-order valence-corrected chi connectivity index (χ4v) is 3.28. The molecule has 2 fully saturated rings. The monoisotopic (exact) mass is 307 g/mol. The van der Waals surface area contributed by atoms with Crippen LogP contribution in [0.1, 0.15) is 37.0 Å². The summed E-state index contributed by atoms with van der Waals surface area (Å²) in [6.07, 6.45) is 2.73. The van der Waals surface area contributed by atoms with Gasteiger partial charge in [0.05, 0.1) is 6.04 Å². The molecular weight excluding hydrogens is 282 g/mol. The molecule has 7 heteroatoms. The highest BCUT2D eigenvalue weighted by atomic mass is 16.5. The van der Waals surface area contributed by atoms with Crippen LogP contribution in [0, 0.1) is 6.92 Å². The van der Waals surface area contributed by atoms with Crippen LogP contribution in [0.4, 0.5) is 0 Å². The zero-order valence-corrected chi connectivity index (χ0v) is 13.5. The van der Waals surface area contributed by atoms with Crippen LogP contribution in [0.15, 0.2) is 4.52 Å². The molecule has 7 nitrogen and oxygen atoms in total. The van der Waals surface area contributed by atoms with Crippen LogP contribution >= 0.6 is 0 Å². The van der Waals surface area contributed by atoms with E-state index in [1.807, 2.05) is 11.8 Å². The Morgan fingerprint density at radius 2 is 2.05 bits per heavy atom. The third-order valence-corrected chi connectivity index (χ3v) is 4.66. The highest BCUT2D eigenvalue weighted by molar-refractivity contribution is 5.76. The summed E-state index contributed by atoms with van der Waals surface area (Å²) in [6.45, 7) is 7.25. The molecule has 1 atom stereocenters. The van der Waals surface area contributed by atoms with Gasteiger partial charge in [0.15, 0.2) is 5.82 Å². The van der Waals surface area contributed by atoms with Gasteiger partial charge in [-0.05, 0) is 33.4 Å². The van der Waals surface area contributed by atoms with Crippen molar-refractivity contribution in [2.24, 2.45) is 0 Å². The number of rotatable bonds is 4. The summed E-state index contributed by atoms with van der Waals surface area (Å²) in [6, 6.07) is 0.182. The molecule has 122 valence electrons. The van der Waals surface area contributed by atoms with Crippen LogP contribution in [0.3, 0.4) is 0 Å². The second kappa shape index (κ2) is 6.75. The first-order chi connectivity index (χ1) is 10.6. The predicted octanol–water partition coefficient (Wildman–Crippen LogP) is 0.679. The van der Waals surface area contributed by atoms with Gasteiger partial charge in [0, 0.05) is 39.1 Å². The van der Waals surface area contributed by atoms with Crippen molar-refractivity contribution in [2.45, 2.75) is 32.2 Å². The van der Waals surface area contributed by atoms with E-state index in [1.165, 1.54) is 0 Å². The maximum atomic E-state index is 12.3. The number of hydrogen-bond donors (Lipinski definition) is 0. The third-order valence-electron chi connectivity index (χ3n) is 4.66. The molecule has 1 amide bonds. The van der Waals surface area contributed by atoms with Gasteiger partial charge < -0.3 is 14.3 Å². The Kier molecular flexibility index (Phi) is 4.73. The summed E-state index contributed by atoms with van der Waals surface area (Å²) in [4.78, 5) is 23.2. The minimum Gasteiger partial charge on any atom is -0.340 e. The summed E-state index contributed by atoms with van der Waals surface area (Å²) < 4.78 is 5.31. The van der Waals surface area contributed by atoms with E-state index >= 15 is 0 Å². The van der Waals surface area contributed by atoms with Gasteiger partial charge in [0.25, 0.3) is 0 Å². The maximum absolute atomic E-state index is 12.3. The van der Waals surface area contributed by atoms with Crippen molar-refractivity contribution >= 4 is 5.91 Å². The molecule has 0 aliphatic carbocycles. The van der Waals surface area contributed by atoms with E-state index in [0.29, 0.717) is 18.1 Å². The summed E-state index contributed by atoms with van der Waals surface area (Å²) in [5, 5.41) is 3.88. The number of hydrogen-bond acceptors (Lipinski definition) is 6. The molecule has 0 saturated carbocycles. The highest BCUT2D eigenvalue weighted by Crippen LogP contribution is 2.30. The zero-order chi connectivity index (χ0) is 15.5. The average molecular weight is 307 g/mol. The molecule has 0 spiro atoms. The lowest BCUT2D eigenvalue weighted by Gasteiger charge is -2.33. The molecule has 1 aromatic rings. The number of amides is 1. The molecule has 0 aromatic carbocycles. The van der Waals surface area contributed by atoms with Crippen LogP contribution in [-0.2, 0) is 4.79 Å². The number of aromatic nitrogens is 2. The molecule has 2 saturated heterocycles. The topological polar surface area (TPSA) is 65.7 Å². The largest absolute Gasteiger partial charge is 0.340 e. The Balaban J connectivity index is 1.51. The van der Waals surface area contributed by atoms with Gasteiger partial charge in [0.1, 0.15) is 0 Å². The predicted molar refractivity (Wildman–Crippen MR) is 81.3 cm³/mol. The number of likely N-dealkylation sites (tertiary alicyclic amines) is 1. The van der Waals surface area contributed by atoms with E-state index in [0.717, 1.165) is 52.1 Å². The number of carbonyl (C=O) groups excluding carboxylic acids is 1. The number of nitrogens with zero attached hydrogens (tertiary/aromatic N) is 5. The van der Waals surface area contributed by atoms with Crippen molar-refractivity contribution in [2.75, 3.05) is 46.3 Å². The molecule has 2 aliphatic heterocycles. The molecule has 3 heterocycles. The van der Waals surface area contributed by atoms with Gasteiger partial charge in [-0.3, -0.25) is 9.69 Å². The van der Waals surface area contributed by atoms with E-state index in [9.17, 15) is 4.79 Å². The van der Waals surface area contributed by atoms with E-state index in [4.69, 9.17) is 4.52 Å². The van der Waals surface area contributed by atoms with E-state index in [-0.39, 0.29) is 11.9 Å². The first-order valence-electron chi connectivity index (χ1n) is 8.14. The Hall–Kier alpha value is -1.47. The van der Waals surface area contributed by atoms with Crippen LogP contribution < -0.4 is 0 Å². The van der Waals surface area contributed by atoms with Crippen LogP contribution in [-0.4, -0.2) is 77.1 Å². The summed E-state index contributed by atoms with van der Waals surface area (Å²) in [5.41, 5.74) is 0. The SMILES string of the molecule is Cc1noc([C@@H]2CCCN2CCC(=O)N2CCN(C)CC2)n1. The van der Waals surface area contributed by atoms with Crippen molar-refractivity contribution in [3.05, 3.63) is 11.7 Å². The van der Waals surface area contributed by atoms with Gasteiger partial charge >= 0.3 is 0 Å². The molecule has 0 bridgehead atoms. The first-order valence-corrected chi connectivity index (χ1v) is 8.14. The lowest BCUT2D eigenvalue weighted by Crippen LogP contribution is -2.47. The molecule has 0 radical (unpaired) electrons. The van der Waals surface area contributed by atoms with E-state index in [2.05, 4.69) is 27.0 Å². The fourth-order valence-electron chi connectivity index (χ4n) is 3.28. The van der Waals surface area contributed by atoms with Gasteiger partial charge in [-0.2, -0.15) is 4.98 Å². The Morgan fingerprint density at radius 3 is 2.73 bits per heavy atom. The van der Waals surface area contributed by atoms with E-state index in [1.54, 1.807) is 0 Å². The minimum atomic E-state index is 0.182. The lowest BCUT2D eigenvalue weighted by atomic mass is 10.2. The fraction of sp³-hybridized carbons (Fsp3) is 0.800. The second-order valence-electron chi connectivity index (χ2n) is 6.31. The van der Waals surface area contributed by atoms with Crippen molar-refractivity contribution < 1.29 is 9.32 Å². The number of piperazine rings is 1. The molecular formula is C15H25N5O2. The lowest BCUT2D eigenvalue weighted by molar-refractivity contribution is -0.133. The number of aryl methyl sites for hydroxylation is 1. The first kappa shape index (κ1) is 15.4. The molecule has 0 N–H and O–H groups in total. The smallest absolute Gasteiger partial charge is 0.243 e. The number of likely N-dealkylation sites (N-methyl/N-ethyl adjacent to an activating group) is 1. The Bertz CT molecular complexity index is 510. The zero-order valence-electron chi connectivity index (χ0n) is 13.5. The maximum Gasteiger partial charge on any atom is 0.243 e. The van der Waals surface area contributed by atoms with Gasteiger partial charge in [-0.25, -0.2) is 0 Å². The standard InChI is InChI=1S/C15H25N5O2/c1-12-16-15(22-17-12)13-4-3-6-19(13)7-5-14(21)20-10-8-18(2)9-11-20/h13H,3-11H2,1-2H3/t13-/m0/s1. The van der Waals surface area contributed by atoms with Crippen molar-refractivity contribution in [1.82, 2.24) is 24.8 Å². The molecule has 2 aliphatic rings.